The highest BCUT2D eigenvalue weighted by Gasteiger charge is 2.33. The predicted octanol–water partition coefficient (Wildman–Crippen LogP) is 1.46. The van der Waals surface area contributed by atoms with Crippen LogP contribution in [0.1, 0.15) is 35.7 Å². The number of aromatic nitrogens is 3. The number of benzene rings is 1. The fraction of sp³-hybridized carbons (Fsp3) is 0.500. The molecule has 0 spiro atoms. The molecule has 0 bridgehead atoms. The summed E-state index contributed by atoms with van der Waals surface area (Å²) in [5, 5.41) is 11.8. The Labute approximate surface area is 159 Å². The van der Waals surface area contributed by atoms with Crippen molar-refractivity contribution in [2.45, 2.75) is 45.1 Å². The van der Waals surface area contributed by atoms with Gasteiger partial charge in [0.25, 0.3) is 0 Å². The molecule has 1 aromatic carbocycles. The van der Waals surface area contributed by atoms with Crippen molar-refractivity contribution in [3.05, 3.63) is 47.0 Å². The molecule has 1 N–H and O–H groups in total. The molecular weight excluding hydrogens is 354 g/mol. The molecule has 0 aliphatic carbocycles. The summed E-state index contributed by atoms with van der Waals surface area (Å²) in [5.74, 6) is 1.79. The Balaban J connectivity index is 0.00000196. The van der Waals surface area contributed by atoms with Crippen LogP contribution in [-0.2, 0) is 35.6 Å². The van der Waals surface area contributed by atoms with Gasteiger partial charge in [0.2, 0.25) is 5.91 Å². The first-order valence-electron chi connectivity index (χ1n) is 8.68. The number of hydrogen-bond donors (Lipinski definition) is 1. The monoisotopic (exact) mass is 377 g/mol. The van der Waals surface area contributed by atoms with E-state index < -0.39 is 0 Å². The summed E-state index contributed by atoms with van der Waals surface area (Å²) >= 11 is 0. The molecule has 0 unspecified atom stereocenters. The van der Waals surface area contributed by atoms with Gasteiger partial charge in [-0.15, -0.1) is 22.6 Å². The van der Waals surface area contributed by atoms with E-state index in [-0.39, 0.29) is 30.4 Å². The maximum atomic E-state index is 13.0. The third kappa shape index (κ3) is 3.34. The van der Waals surface area contributed by atoms with Gasteiger partial charge in [0.05, 0.1) is 18.6 Å². The van der Waals surface area contributed by atoms with Gasteiger partial charge in [-0.2, -0.15) is 0 Å². The molecule has 1 aromatic heterocycles. The quantitative estimate of drug-likeness (QED) is 0.876. The fourth-order valence-corrected chi connectivity index (χ4v) is 3.86. The van der Waals surface area contributed by atoms with E-state index in [4.69, 9.17) is 4.74 Å². The third-order valence-electron chi connectivity index (χ3n) is 5.06. The van der Waals surface area contributed by atoms with E-state index in [2.05, 4.69) is 39.1 Å². The second kappa shape index (κ2) is 7.73. The SMILES string of the molecule is COCc1nnc2n1[C@@H](C)CN(C(=O)[C@H]1Cc3ccccc3CN1)C2.Cl. The molecule has 7 nitrogen and oxygen atoms in total. The summed E-state index contributed by atoms with van der Waals surface area (Å²) in [7, 11) is 1.65. The summed E-state index contributed by atoms with van der Waals surface area (Å²) in [5.41, 5.74) is 2.54. The van der Waals surface area contributed by atoms with Crippen molar-refractivity contribution >= 4 is 18.3 Å². The van der Waals surface area contributed by atoms with Crippen LogP contribution in [0, 0.1) is 0 Å². The first kappa shape index (κ1) is 18.8. The largest absolute Gasteiger partial charge is 0.377 e. The first-order valence-corrected chi connectivity index (χ1v) is 8.68. The van der Waals surface area contributed by atoms with Crippen molar-refractivity contribution in [2.24, 2.45) is 0 Å². The second-order valence-corrected chi connectivity index (χ2v) is 6.81. The van der Waals surface area contributed by atoms with Crippen LogP contribution in [0.15, 0.2) is 24.3 Å². The van der Waals surface area contributed by atoms with Crippen molar-refractivity contribution in [3.8, 4) is 0 Å². The molecule has 8 heteroatoms. The predicted molar refractivity (Wildman–Crippen MR) is 98.9 cm³/mol. The standard InChI is InChI=1S/C18H23N5O2.ClH/c1-12-9-22(10-16-20-21-17(11-25-2)23(12)16)18(24)15-7-13-5-3-4-6-14(13)8-19-15;/h3-6,12,15,19H,7-11H2,1-2H3;1H/t12-,15+;/m0./s1. The van der Waals surface area contributed by atoms with Gasteiger partial charge in [-0.25, -0.2) is 0 Å². The Hall–Kier alpha value is -1.96. The Bertz CT molecular complexity index is 794. The number of carbonyl (C=O) groups is 1. The van der Waals surface area contributed by atoms with Gasteiger partial charge in [-0.3, -0.25) is 4.79 Å². The summed E-state index contributed by atoms with van der Waals surface area (Å²) in [6.45, 7) is 4.44. The maximum Gasteiger partial charge on any atom is 0.240 e. The molecule has 2 aromatic rings. The van der Waals surface area contributed by atoms with Gasteiger partial charge in [-0.1, -0.05) is 24.3 Å². The third-order valence-corrected chi connectivity index (χ3v) is 5.06. The van der Waals surface area contributed by atoms with E-state index in [9.17, 15) is 4.79 Å². The lowest BCUT2D eigenvalue weighted by molar-refractivity contribution is -0.135. The van der Waals surface area contributed by atoms with Crippen LogP contribution in [-0.4, -0.2) is 45.3 Å². The average Bonchev–Trinajstić information content (AvgIpc) is 3.04. The van der Waals surface area contributed by atoms with Gasteiger partial charge in [-0.05, 0) is 24.5 Å². The molecule has 2 atom stereocenters. The van der Waals surface area contributed by atoms with Crippen LogP contribution in [0.4, 0.5) is 0 Å². The number of ether oxygens (including phenoxy) is 1. The molecule has 2 aliphatic heterocycles. The smallest absolute Gasteiger partial charge is 0.240 e. The number of nitrogens with zero attached hydrogens (tertiary/aromatic N) is 4. The lowest BCUT2D eigenvalue weighted by Crippen LogP contribution is -2.52. The number of amides is 1. The van der Waals surface area contributed by atoms with Crippen LogP contribution in [0.2, 0.25) is 0 Å². The number of methoxy groups -OCH3 is 1. The van der Waals surface area contributed by atoms with Gasteiger partial charge in [0.1, 0.15) is 6.61 Å². The number of hydrogen-bond acceptors (Lipinski definition) is 5. The minimum atomic E-state index is -0.171. The number of nitrogens with one attached hydrogen (secondary N) is 1. The number of rotatable bonds is 3. The van der Waals surface area contributed by atoms with Gasteiger partial charge in [0, 0.05) is 20.2 Å². The summed E-state index contributed by atoms with van der Waals surface area (Å²) < 4.78 is 7.28. The molecule has 0 saturated heterocycles. The Morgan fingerprint density at radius 3 is 2.85 bits per heavy atom. The van der Waals surface area contributed by atoms with Crippen LogP contribution in [0.5, 0.6) is 0 Å². The van der Waals surface area contributed by atoms with Crippen molar-refractivity contribution in [3.63, 3.8) is 0 Å². The van der Waals surface area contributed by atoms with Crippen molar-refractivity contribution in [1.82, 2.24) is 25.0 Å². The highest BCUT2D eigenvalue weighted by Crippen LogP contribution is 2.24. The molecule has 1 amide bonds. The summed E-state index contributed by atoms with van der Waals surface area (Å²) in [4.78, 5) is 14.9. The Kier molecular flexibility index (Phi) is 5.60. The molecule has 3 heterocycles. The zero-order chi connectivity index (χ0) is 17.4. The average molecular weight is 378 g/mol. The molecule has 4 rings (SSSR count). The summed E-state index contributed by atoms with van der Waals surface area (Å²) in [6.07, 6.45) is 0.738. The number of halogens is 1. The van der Waals surface area contributed by atoms with E-state index >= 15 is 0 Å². The summed E-state index contributed by atoms with van der Waals surface area (Å²) in [6, 6.07) is 8.28. The first-order chi connectivity index (χ1) is 12.2. The number of fused-ring (bicyclic) bond motifs is 2. The maximum absolute atomic E-state index is 13.0. The Morgan fingerprint density at radius 2 is 2.08 bits per heavy atom. The van der Waals surface area contributed by atoms with Gasteiger partial charge < -0.3 is 19.5 Å². The van der Waals surface area contributed by atoms with Crippen LogP contribution in [0.25, 0.3) is 0 Å². The highest BCUT2D eigenvalue weighted by molar-refractivity contribution is 5.85. The van der Waals surface area contributed by atoms with E-state index in [1.807, 2.05) is 17.0 Å². The lowest BCUT2D eigenvalue weighted by Gasteiger charge is -2.36. The van der Waals surface area contributed by atoms with Gasteiger partial charge in [0.15, 0.2) is 11.6 Å². The van der Waals surface area contributed by atoms with Gasteiger partial charge >= 0.3 is 0 Å². The topological polar surface area (TPSA) is 72.3 Å². The molecule has 26 heavy (non-hydrogen) atoms. The van der Waals surface area contributed by atoms with E-state index in [0.29, 0.717) is 19.7 Å². The van der Waals surface area contributed by atoms with Crippen LogP contribution < -0.4 is 5.32 Å². The molecule has 0 saturated carbocycles. The minimum absolute atomic E-state index is 0. The van der Waals surface area contributed by atoms with Crippen molar-refractivity contribution < 1.29 is 9.53 Å². The fourth-order valence-electron chi connectivity index (χ4n) is 3.86. The van der Waals surface area contributed by atoms with Crippen molar-refractivity contribution in [2.75, 3.05) is 13.7 Å². The molecule has 0 fully saturated rings. The van der Waals surface area contributed by atoms with Crippen LogP contribution >= 0.6 is 12.4 Å². The molecule has 0 radical (unpaired) electrons. The van der Waals surface area contributed by atoms with E-state index in [1.54, 1.807) is 7.11 Å². The van der Waals surface area contributed by atoms with Crippen LogP contribution in [0.3, 0.4) is 0 Å². The van der Waals surface area contributed by atoms with Crippen molar-refractivity contribution in [1.29, 1.82) is 0 Å². The zero-order valence-corrected chi connectivity index (χ0v) is 15.8. The second-order valence-electron chi connectivity index (χ2n) is 6.81. The minimum Gasteiger partial charge on any atom is -0.377 e. The zero-order valence-electron chi connectivity index (χ0n) is 15.0. The Morgan fingerprint density at radius 1 is 1.31 bits per heavy atom. The molecular formula is C18H24ClN5O2. The molecule has 140 valence electrons. The van der Waals surface area contributed by atoms with E-state index in [0.717, 1.165) is 24.6 Å². The molecule has 2 aliphatic rings. The highest BCUT2D eigenvalue weighted by atomic mass is 35.5. The number of carbonyl (C=O) groups excluding carboxylic acids is 1. The van der Waals surface area contributed by atoms with E-state index in [1.165, 1.54) is 11.1 Å². The lowest BCUT2D eigenvalue weighted by atomic mass is 9.95. The normalized spacial score (nSPS) is 21.5.